The van der Waals surface area contributed by atoms with Gasteiger partial charge in [0.2, 0.25) is 0 Å². The molecule has 3 rings (SSSR count). The van der Waals surface area contributed by atoms with Gasteiger partial charge in [0.15, 0.2) is 0 Å². The highest BCUT2D eigenvalue weighted by Gasteiger charge is 2.35. The zero-order chi connectivity index (χ0) is 7.84. The average molecular weight is 156 g/mol. The van der Waals surface area contributed by atoms with Gasteiger partial charge < -0.3 is 5.11 Å². The third-order valence-corrected chi connectivity index (χ3v) is 2.97. The van der Waals surface area contributed by atoms with Crippen LogP contribution in [0.2, 0.25) is 0 Å². The maximum absolute atomic E-state index is 9.03. The van der Waals surface area contributed by atoms with Gasteiger partial charge in [-0.3, -0.25) is 9.80 Å². The summed E-state index contributed by atoms with van der Waals surface area (Å²) in [6, 6.07) is 1.12. The fourth-order valence-electron chi connectivity index (χ4n) is 2.19. The van der Waals surface area contributed by atoms with E-state index in [2.05, 4.69) is 16.7 Å². The van der Waals surface area contributed by atoms with Crippen molar-refractivity contribution < 1.29 is 5.11 Å². The molecular weight excluding hydrogens is 140 g/mol. The highest BCUT2D eigenvalue weighted by molar-refractivity contribution is 4.91. The second kappa shape index (κ2) is 2.73. The van der Waals surface area contributed by atoms with Crippen molar-refractivity contribution in [2.45, 2.75) is 19.0 Å². The van der Waals surface area contributed by atoms with Crippen molar-refractivity contribution in [2.24, 2.45) is 0 Å². The van der Waals surface area contributed by atoms with Crippen LogP contribution in [0.15, 0.2) is 0 Å². The van der Waals surface area contributed by atoms with Gasteiger partial charge in [-0.1, -0.05) is 0 Å². The lowest BCUT2D eigenvalue weighted by atomic mass is 10.0. The first-order chi connectivity index (χ1) is 5.31. The van der Waals surface area contributed by atoms with Crippen molar-refractivity contribution in [3.63, 3.8) is 0 Å². The molecule has 4 atom stereocenters. The molecule has 0 radical (unpaired) electrons. The third-order valence-electron chi connectivity index (χ3n) is 2.97. The maximum atomic E-state index is 9.03. The largest absolute Gasteiger partial charge is 0.395 e. The standard InChI is InChI=1S/C8H16N2O/c1-7-4-10-3-2-9(7)5-8(10)6-11/h7-8,11H,2-6H2,1H3. The molecule has 3 aliphatic heterocycles. The number of hydrogen-bond acceptors (Lipinski definition) is 3. The minimum Gasteiger partial charge on any atom is -0.395 e. The van der Waals surface area contributed by atoms with Gasteiger partial charge in [-0.25, -0.2) is 0 Å². The molecule has 3 aliphatic rings. The molecule has 0 aromatic carbocycles. The van der Waals surface area contributed by atoms with Crippen molar-refractivity contribution in [1.29, 1.82) is 0 Å². The summed E-state index contributed by atoms with van der Waals surface area (Å²) in [5, 5.41) is 9.03. The summed E-state index contributed by atoms with van der Waals surface area (Å²) in [5.74, 6) is 0. The van der Waals surface area contributed by atoms with Gasteiger partial charge in [0, 0.05) is 38.3 Å². The molecule has 1 N–H and O–H groups in total. The Morgan fingerprint density at radius 2 is 2.00 bits per heavy atom. The predicted octanol–water partition coefficient (Wildman–Crippen LogP) is -0.633. The third kappa shape index (κ3) is 1.17. The Morgan fingerprint density at radius 3 is 2.45 bits per heavy atom. The van der Waals surface area contributed by atoms with E-state index in [0.717, 1.165) is 19.6 Å². The summed E-state index contributed by atoms with van der Waals surface area (Å²) < 4.78 is 0. The van der Waals surface area contributed by atoms with E-state index in [9.17, 15) is 0 Å². The van der Waals surface area contributed by atoms with E-state index in [-0.39, 0.29) is 0 Å². The normalized spacial score (nSPS) is 49.6. The quantitative estimate of drug-likeness (QED) is 0.547. The Bertz CT molecular complexity index is 151. The fraction of sp³-hybridized carbons (Fsp3) is 1.00. The topological polar surface area (TPSA) is 26.7 Å². The first-order valence-corrected chi connectivity index (χ1v) is 4.40. The zero-order valence-corrected chi connectivity index (χ0v) is 7.03. The maximum Gasteiger partial charge on any atom is 0.0599 e. The summed E-state index contributed by atoms with van der Waals surface area (Å²) in [5.41, 5.74) is 0. The first-order valence-electron chi connectivity index (χ1n) is 4.40. The van der Waals surface area contributed by atoms with Gasteiger partial charge in [-0.05, 0) is 6.92 Å². The number of nitrogens with zero attached hydrogens (tertiary/aromatic N) is 2. The van der Waals surface area contributed by atoms with Crippen LogP contribution < -0.4 is 0 Å². The Labute approximate surface area is 67.6 Å². The molecule has 4 unspecified atom stereocenters. The Kier molecular flexibility index (Phi) is 1.87. The Hall–Kier alpha value is -0.120. The molecule has 0 aromatic rings. The molecule has 3 saturated heterocycles. The molecule has 3 heteroatoms. The van der Waals surface area contributed by atoms with Crippen LogP contribution in [0, 0.1) is 0 Å². The lowest BCUT2D eigenvalue weighted by Gasteiger charge is -2.50. The molecule has 0 spiro atoms. The van der Waals surface area contributed by atoms with E-state index < -0.39 is 0 Å². The number of rotatable bonds is 1. The van der Waals surface area contributed by atoms with Crippen LogP contribution in [-0.2, 0) is 0 Å². The van der Waals surface area contributed by atoms with Crippen LogP contribution in [0.3, 0.4) is 0 Å². The Morgan fingerprint density at radius 1 is 1.27 bits per heavy atom. The Balaban J connectivity index is 2.04. The number of hydrogen-bond donors (Lipinski definition) is 1. The molecular formula is C8H16N2O. The average Bonchev–Trinajstić information content (AvgIpc) is 2.05. The van der Waals surface area contributed by atoms with E-state index >= 15 is 0 Å². The molecule has 11 heavy (non-hydrogen) atoms. The second-order valence-electron chi connectivity index (χ2n) is 3.68. The fourth-order valence-corrected chi connectivity index (χ4v) is 2.19. The van der Waals surface area contributed by atoms with Crippen LogP contribution in [0.25, 0.3) is 0 Å². The lowest BCUT2D eigenvalue weighted by molar-refractivity contribution is -0.0410. The minimum absolute atomic E-state index is 0.323. The monoisotopic (exact) mass is 156 g/mol. The number of fused-ring (bicyclic) bond motifs is 3. The first kappa shape index (κ1) is 7.53. The van der Waals surface area contributed by atoms with Crippen LogP contribution in [-0.4, -0.2) is 59.8 Å². The summed E-state index contributed by atoms with van der Waals surface area (Å²) in [7, 11) is 0. The van der Waals surface area contributed by atoms with Crippen LogP contribution in [0.1, 0.15) is 6.92 Å². The number of piperazine rings is 3. The predicted molar refractivity (Wildman–Crippen MR) is 43.5 cm³/mol. The van der Waals surface area contributed by atoms with Crippen molar-refractivity contribution in [3.05, 3.63) is 0 Å². The van der Waals surface area contributed by atoms with Crippen molar-refractivity contribution >= 4 is 0 Å². The minimum atomic E-state index is 0.323. The smallest absolute Gasteiger partial charge is 0.0599 e. The molecule has 3 fully saturated rings. The summed E-state index contributed by atoms with van der Waals surface area (Å²) >= 11 is 0. The molecule has 64 valence electrons. The SMILES string of the molecule is CC1CN2CCN1CC2CO. The van der Waals surface area contributed by atoms with E-state index in [1.807, 2.05) is 0 Å². The molecule has 0 aromatic heterocycles. The molecule has 2 bridgehead atoms. The van der Waals surface area contributed by atoms with Crippen LogP contribution in [0.4, 0.5) is 0 Å². The number of aliphatic hydroxyl groups excluding tert-OH is 1. The van der Waals surface area contributed by atoms with E-state index in [1.165, 1.54) is 6.54 Å². The van der Waals surface area contributed by atoms with Gasteiger partial charge in [0.25, 0.3) is 0 Å². The molecule has 3 heterocycles. The highest BCUT2D eigenvalue weighted by Crippen LogP contribution is 2.19. The number of aliphatic hydroxyl groups is 1. The van der Waals surface area contributed by atoms with Gasteiger partial charge >= 0.3 is 0 Å². The van der Waals surface area contributed by atoms with E-state index in [0.29, 0.717) is 18.7 Å². The summed E-state index contributed by atoms with van der Waals surface area (Å²) in [6.07, 6.45) is 0. The molecule has 0 amide bonds. The van der Waals surface area contributed by atoms with Gasteiger partial charge in [0.05, 0.1) is 6.61 Å². The highest BCUT2D eigenvalue weighted by atomic mass is 16.3. The molecule has 0 aliphatic carbocycles. The van der Waals surface area contributed by atoms with Gasteiger partial charge in [-0.2, -0.15) is 0 Å². The summed E-state index contributed by atoms with van der Waals surface area (Å²) in [6.45, 7) is 7.14. The van der Waals surface area contributed by atoms with Crippen molar-refractivity contribution in [3.8, 4) is 0 Å². The zero-order valence-electron chi connectivity index (χ0n) is 7.03. The van der Waals surface area contributed by atoms with Crippen molar-refractivity contribution in [2.75, 3.05) is 32.8 Å². The second-order valence-corrected chi connectivity index (χ2v) is 3.68. The van der Waals surface area contributed by atoms with E-state index in [1.54, 1.807) is 0 Å². The summed E-state index contributed by atoms with van der Waals surface area (Å²) in [4.78, 5) is 4.88. The molecule has 3 nitrogen and oxygen atoms in total. The van der Waals surface area contributed by atoms with Gasteiger partial charge in [-0.15, -0.1) is 0 Å². The van der Waals surface area contributed by atoms with Crippen LogP contribution in [0.5, 0.6) is 0 Å². The van der Waals surface area contributed by atoms with Gasteiger partial charge in [0.1, 0.15) is 0 Å². The molecule has 0 saturated carbocycles. The van der Waals surface area contributed by atoms with Crippen molar-refractivity contribution in [1.82, 2.24) is 9.80 Å². The van der Waals surface area contributed by atoms with Crippen LogP contribution >= 0.6 is 0 Å². The van der Waals surface area contributed by atoms with E-state index in [4.69, 9.17) is 5.11 Å². The lowest BCUT2D eigenvalue weighted by Crippen LogP contribution is -2.65.